The van der Waals surface area contributed by atoms with E-state index in [1.54, 1.807) is 49.6 Å². The molecule has 0 unspecified atom stereocenters. The lowest BCUT2D eigenvalue weighted by Crippen LogP contribution is -2.20. The molecule has 2 N–H and O–H groups in total. The number of rotatable bonds is 10. The highest BCUT2D eigenvalue weighted by molar-refractivity contribution is 5.91. The number of hydrogen-bond acceptors (Lipinski definition) is 6. The second kappa shape index (κ2) is 12.0. The first-order valence-electron chi connectivity index (χ1n) is 10.3. The number of carbonyl (C=O) groups is 2. The summed E-state index contributed by atoms with van der Waals surface area (Å²) in [6, 6.07) is 17.5. The van der Waals surface area contributed by atoms with Gasteiger partial charge in [-0.25, -0.2) is 9.82 Å². The summed E-state index contributed by atoms with van der Waals surface area (Å²) in [4.78, 5) is 24.1. The first kappa shape index (κ1) is 24.2. The highest BCUT2D eigenvalue weighted by Crippen LogP contribution is 2.27. The molecule has 0 bridgehead atoms. The van der Waals surface area contributed by atoms with Gasteiger partial charge in [0.15, 0.2) is 18.1 Å². The number of hydrogen-bond donors (Lipinski definition) is 2. The fraction of sp³-hybridized carbons (Fsp3) is 0.160. The highest BCUT2D eigenvalue weighted by Gasteiger charge is 2.08. The van der Waals surface area contributed by atoms with E-state index in [4.69, 9.17) is 14.2 Å². The van der Waals surface area contributed by atoms with Gasteiger partial charge in [-0.05, 0) is 71.8 Å². The summed E-state index contributed by atoms with van der Waals surface area (Å²) in [6.45, 7) is -0.197. The van der Waals surface area contributed by atoms with Gasteiger partial charge in [-0.1, -0.05) is 6.07 Å². The van der Waals surface area contributed by atoms with Crippen molar-refractivity contribution in [1.82, 2.24) is 5.43 Å². The monoisotopic (exact) mass is 465 g/mol. The van der Waals surface area contributed by atoms with Crippen LogP contribution in [-0.4, -0.2) is 38.9 Å². The van der Waals surface area contributed by atoms with E-state index in [1.165, 1.54) is 37.6 Å². The second-order valence-electron chi connectivity index (χ2n) is 7.07. The summed E-state index contributed by atoms with van der Waals surface area (Å²) in [5.41, 5.74) is 4.45. The zero-order chi connectivity index (χ0) is 24.3. The van der Waals surface area contributed by atoms with Gasteiger partial charge in [0.25, 0.3) is 5.91 Å². The van der Waals surface area contributed by atoms with Crippen LogP contribution in [0.5, 0.6) is 17.2 Å². The summed E-state index contributed by atoms with van der Waals surface area (Å²) in [7, 11) is 3.08. The molecule has 3 aromatic rings. The average Bonchev–Trinajstić information content (AvgIpc) is 2.85. The van der Waals surface area contributed by atoms with Gasteiger partial charge in [-0.2, -0.15) is 5.10 Å². The molecule has 0 saturated heterocycles. The second-order valence-corrected chi connectivity index (χ2v) is 7.07. The Hall–Kier alpha value is -4.40. The van der Waals surface area contributed by atoms with Gasteiger partial charge < -0.3 is 19.5 Å². The molecule has 2 amide bonds. The Bertz CT molecular complexity index is 1150. The molecule has 9 heteroatoms. The van der Waals surface area contributed by atoms with Gasteiger partial charge in [0.2, 0.25) is 5.91 Å². The maximum atomic E-state index is 12.9. The molecule has 0 aliphatic carbocycles. The first-order chi connectivity index (χ1) is 16.5. The van der Waals surface area contributed by atoms with E-state index < -0.39 is 0 Å². The SMILES string of the molecule is COc1ccc(CC(=O)N/N=C/c2ccc(OCC(=O)Nc3ccc(F)cc3)cc2)cc1OC. The fourth-order valence-corrected chi connectivity index (χ4v) is 2.92. The summed E-state index contributed by atoms with van der Waals surface area (Å²) in [6.07, 6.45) is 1.63. The Kier molecular flexibility index (Phi) is 8.56. The molecule has 0 aliphatic rings. The average molecular weight is 465 g/mol. The Morgan fingerprint density at radius 2 is 1.62 bits per heavy atom. The molecule has 0 saturated carbocycles. The Labute approximate surface area is 196 Å². The van der Waals surface area contributed by atoms with Crippen LogP contribution in [0, 0.1) is 5.82 Å². The van der Waals surface area contributed by atoms with Crippen LogP contribution in [0.15, 0.2) is 71.8 Å². The molecule has 3 rings (SSSR count). The maximum absolute atomic E-state index is 12.9. The number of hydrazone groups is 1. The number of benzene rings is 3. The predicted octanol–water partition coefficient (Wildman–Crippen LogP) is 3.55. The van der Waals surface area contributed by atoms with Gasteiger partial charge in [-0.15, -0.1) is 0 Å². The predicted molar refractivity (Wildman–Crippen MR) is 126 cm³/mol. The molecule has 0 spiro atoms. The van der Waals surface area contributed by atoms with Crippen molar-refractivity contribution in [2.24, 2.45) is 5.10 Å². The number of nitrogens with one attached hydrogen (secondary N) is 2. The molecule has 0 aliphatic heterocycles. The molecule has 0 fully saturated rings. The number of amides is 2. The smallest absolute Gasteiger partial charge is 0.262 e. The van der Waals surface area contributed by atoms with Crippen molar-refractivity contribution in [2.75, 3.05) is 26.1 Å². The van der Waals surface area contributed by atoms with Crippen molar-refractivity contribution in [1.29, 1.82) is 0 Å². The van der Waals surface area contributed by atoms with Crippen LogP contribution in [0.1, 0.15) is 11.1 Å². The summed E-state index contributed by atoms with van der Waals surface area (Å²) in [5, 5.41) is 6.57. The van der Waals surface area contributed by atoms with E-state index in [9.17, 15) is 14.0 Å². The lowest BCUT2D eigenvalue weighted by atomic mass is 10.1. The van der Waals surface area contributed by atoms with E-state index in [2.05, 4.69) is 15.8 Å². The van der Waals surface area contributed by atoms with Crippen molar-refractivity contribution in [3.05, 3.63) is 83.7 Å². The minimum absolute atomic E-state index is 0.129. The summed E-state index contributed by atoms with van der Waals surface area (Å²) < 4.78 is 28.8. The van der Waals surface area contributed by atoms with Gasteiger partial charge in [0.05, 0.1) is 26.9 Å². The maximum Gasteiger partial charge on any atom is 0.262 e. The third kappa shape index (κ3) is 7.33. The van der Waals surface area contributed by atoms with Crippen molar-refractivity contribution < 1.29 is 28.2 Å². The van der Waals surface area contributed by atoms with Gasteiger partial charge in [-0.3, -0.25) is 9.59 Å². The number of carbonyl (C=O) groups excluding carboxylic acids is 2. The van der Waals surface area contributed by atoms with Crippen LogP contribution < -0.4 is 25.0 Å². The minimum atomic E-state index is -0.379. The Balaban J connectivity index is 1.43. The third-order valence-corrected chi connectivity index (χ3v) is 4.59. The molecule has 0 aromatic heterocycles. The molecule has 8 nitrogen and oxygen atoms in total. The fourth-order valence-electron chi connectivity index (χ4n) is 2.92. The van der Waals surface area contributed by atoms with Crippen LogP contribution in [0.25, 0.3) is 0 Å². The zero-order valence-corrected chi connectivity index (χ0v) is 18.7. The standard InChI is InChI=1S/C25H24FN3O5/c1-32-22-12-5-18(13-23(22)33-2)14-24(30)29-27-15-17-3-10-21(11-4-17)34-16-25(31)28-20-8-6-19(26)7-9-20/h3-13,15H,14,16H2,1-2H3,(H,28,31)(H,29,30)/b27-15+. The quantitative estimate of drug-likeness (QED) is 0.353. The van der Waals surface area contributed by atoms with Gasteiger partial charge in [0, 0.05) is 5.69 Å². The topological polar surface area (TPSA) is 98.3 Å². The number of halogens is 1. The number of anilines is 1. The summed E-state index contributed by atoms with van der Waals surface area (Å²) >= 11 is 0. The van der Waals surface area contributed by atoms with Crippen LogP contribution in [0.2, 0.25) is 0 Å². The van der Waals surface area contributed by atoms with Gasteiger partial charge in [0.1, 0.15) is 11.6 Å². The molecule has 176 valence electrons. The number of ether oxygens (including phenoxy) is 3. The molecule has 0 heterocycles. The molecular formula is C25H24FN3O5. The van der Waals surface area contributed by atoms with E-state index in [0.29, 0.717) is 22.9 Å². The molecule has 0 radical (unpaired) electrons. The van der Waals surface area contributed by atoms with Crippen LogP contribution in [0.4, 0.5) is 10.1 Å². The van der Waals surface area contributed by atoms with E-state index in [1.807, 2.05) is 0 Å². The molecule has 34 heavy (non-hydrogen) atoms. The Morgan fingerprint density at radius 3 is 2.29 bits per heavy atom. The minimum Gasteiger partial charge on any atom is -0.493 e. The van der Waals surface area contributed by atoms with E-state index in [0.717, 1.165) is 11.1 Å². The van der Waals surface area contributed by atoms with E-state index in [-0.39, 0.29) is 30.7 Å². The van der Waals surface area contributed by atoms with Crippen molar-refractivity contribution in [2.45, 2.75) is 6.42 Å². The van der Waals surface area contributed by atoms with Crippen molar-refractivity contribution in [3.63, 3.8) is 0 Å². The largest absolute Gasteiger partial charge is 0.493 e. The highest BCUT2D eigenvalue weighted by atomic mass is 19.1. The molecule has 3 aromatic carbocycles. The van der Waals surface area contributed by atoms with Crippen LogP contribution in [0.3, 0.4) is 0 Å². The first-order valence-corrected chi connectivity index (χ1v) is 10.3. The zero-order valence-electron chi connectivity index (χ0n) is 18.7. The number of nitrogens with zero attached hydrogens (tertiary/aromatic N) is 1. The lowest BCUT2D eigenvalue weighted by Gasteiger charge is -2.09. The third-order valence-electron chi connectivity index (χ3n) is 4.59. The molecule has 0 atom stereocenters. The van der Waals surface area contributed by atoms with E-state index >= 15 is 0 Å². The molecular weight excluding hydrogens is 441 g/mol. The summed E-state index contributed by atoms with van der Waals surface area (Å²) in [5.74, 6) is 0.599. The Morgan fingerprint density at radius 1 is 0.912 bits per heavy atom. The van der Waals surface area contributed by atoms with Crippen LogP contribution >= 0.6 is 0 Å². The number of methoxy groups -OCH3 is 2. The van der Waals surface area contributed by atoms with Crippen molar-refractivity contribution in [3.8, 4) is 17.2 Å². The lowest BCUT2D eigenvalue weighted by molar-refractivity contribution is -0.120. The normalized spacial score (nSPS) is 10.6. The van der Waals surface area contributed by atoms with Crippen molar-refractivity contribution >= 4 is 23.7 Å². The van der Waals surface area contributed by atoms with Gasteiger partial charge >= 0.3 is 0 Å². The van der Waals surface area contributed by atoms with Crippen LogP contribution in [-0.2, 0) is 16.0 Å².